The number of pyridine rings is 1. The number of aromatic nitrogens is 3. The van der Waals surface area contributed by atoms with Gasteiger partial charge in [-0.2, -0.15) is 5.10 Å². The highest BCUT2D eigenvalue weighted by molar-refractivity contribution is 5.98. The molecular formula is C30H31N7O4. The van der Waals surface area contributed by atoms with Gasteiger partial charge >= 0.3 is 0 Å². The van der Waals surface area contributed by atoms with Gasteiger partial charge in [0.15, 0.2) is 0 Å². The number of carbonyl (C=O) groups excluding carboxylic acids is 4. The molecule has 0 saturated carbocycles. The second kappa shape index (κ2) is 13.2. The van der Waals surface area contributed by atoms with Crippen molar-refractivity contribution in [2.24, 2.45) is 7.05 Å². The van der Waals surface area contributed by atoms with Crippen molar-refractivity contribution < 1.29 is 19.2 Å². The lowest BCUT2D eigenvalue weighted by atomic mass is 9.98. The molecule has 11 nitrogen and oxygen atoms in total. The molecule has 4 rings (SSSR count). The Kier molecular flexibility index (Phi) is 9.20. The monoisotopic (exact) mass is 553 g/mol. The van der Waals surface area contributed by atoms with E-state index in [1.54, 1.807) is 35.1 Å². The van der Waals surface area contributed by atoms with Gasteiger partial charge < -0.3 is 10.6 Å². The number of nitrogens with one attached hydrogen (secondary N) is 4. The zero-order chi connectivity index (χ0) is 29.4. The molecule has 2 heterocycles. The van der Waals surface area contributed by atoms with Crippen molar-refractivity contribution in [2.45, 2.75) is 25.8 Å². The van der Waals surface area contributed by atoms with E-state index in [0.29, 0.717) is 11.1 Å². The Labute approximate surface area is 237 Å². The lowest BCUT2D eigenvalue weighted by molar-refractivity contribution is -0.126. The number of nitrogens with zero attached hydrogens (tertiary/aromatic N) is 3. The lowest BCUT2D eigenvalue weighted by Gasteiger charge is -2.19. The lowest BCUT2D eigenvalue weighted by Crippen LogP contribution is -2.41. The van der Waals surface area contributed by atoms with Gasteiger partial charge in [0.05, 0.1) is 23.4 Å². The van der Waals surface area contributed by atoms with Crippen molar-refractivity contribution in [1.82, 2.24) is 36.2 Å². The normalized spacial score (nSPS) is 11.7. The first-order chi connectivity index (χ1) is 19.7. The minimum Gasteiger partial charge on any atom is -0.356 e. The molecule has 0 aliphatic rings. The number of hydrazine groups is 1. The van der Waals surface area contributed by atoms with Crippen LogP contribution >= 0.6 is 0 Å². The van der Waals surface area contributed by atoms with E-state index in [9.17, 15) is 19.2 Å². The van der Waals surface area contributed by atoms with Crippen LogP contribution in [0.5, 0.6) is 0 Å². The van der Waals surface area contributed by atoms with E-state index in [4.69, 9.17) is 4.98 Å². The van der Waals surface area contributed by atoms with Crippen molar-refractivity contribution >= 4 is 34.5 Å². The molecule has 4 amide bonds. The molecule has 0 radical (unpaired) electrons. The summed E-state index contributed by atoms with van der Waals surface area (Å²) < 4.78 is 1.72. The van der Waals surface area contributed by atoms with Crippen LogP contribution in [-0.2, 0) is 27.9 Å². The Hall–Kier alpha value is -5.32. The standard InChI is InChI=1S/C30H31N7O4/c1-19(24-16-26(21-17-32-37(3)18-21)34-25-11-7-6-10-23(24)25)33-30(41)22-9-5-4-8-20(22)12-13-28(39)35-36-29(40)15-14-27(38)31-2/h4-11,14-19H,12-13H2,1-3H3,(H,31,38)(H,33,41)(H,35,39)(H,36,40)/b15-14+/t19-/m1/s1. The minimum absolute atomic E-state index is 0.0305. The Balaban J connectivity index is 1.44. The molecule has 4 N–H and O–H groups in total. The number of carbonyl (C=O) groups is 4. The molecule has 0 spiro atoms. The van der Waals surface area contributed by atoms with E-state index in [1.165, 1.54) is 7.05 Å². The van der Waals surface area contributed by atoms with Gasteiger partial charge in [-0.25, -0.2) is 4.98 Å². The average Bonchev–Trinajstić information content (AvgIpc) is 3.43. The maximum absolute atomic E-state index is 13.4. The van der Waals surface area contributed by atoms with E-state index in [2.05, 4.69) is 26.6 Å². The number of likely N-dealkylation sites (N-methyl/N-ethyl adjacent to an activating group) is 1. The summed E-state index contributed by atoms with van der Waals surface area (Å²) in [6.07, 6.45) is 6.00. The number of para-hydroxylation sites is 1. The fourth-order valence-electron chi connectivity index (χ4n) is 4.29. The third-order valence-electron chi connectivity index (χ3n) is 6.40. The molecule has 0 aliphatic carbocycles. The van der Waals surface area contributed by atoms with Crippen LogP contribution in [0.4, 0.5) is 0 Å². The second-order valence-corrected chi connectivity index (χ2v) is 9.35. The van der Waals surface area contributed by atoms with Crippen LogP contribution in [0.25, 0.3) is 22.2 Å². The number of rotatable bonds is 9. The number of fused-ring (bicyclic) bond motifs is 1. The zero-order valence-electron chi connectivity index (χ0n) is 23.0. The topological polar surface area (TPSA) is 147 Å². The summed E-state index contributed by atoms with van der Waals surface area (Å²) >= 11 is 0. The Bertz CT molecular complexity index is 1630. The first kappa shape index (κ1) is 28.7. The fourth-order valence-corrected chi connectivity index (χ4v) is 4.29. The van der Waals surface area contributed by atoms with E-state index in [0.717, 1.165) is 39.9 Å². The van der Waals surface area contributed by atoms with Gasteiger partial charge in [0.25, 0.3) is 11.8 Å². The van der Waals surface area contributed by atoms with Crippen molar-refractivity contribution in [3.05, 3.63) is 95.8 Å². The second-order valence-electron chi connectivity index (χ2n) is 9.35. The Morgan fingerprint density at radius 2 is 1.71 bits per heavy atom. The Morgan fingerprint density at radius 1 is 0.976 bits per heavy atom. The molecule has 41 heavy (non-hydrogen) atoms. The molecule has 4 aromatic rings. The number of hydrogen-bond acceptors (Lipinski definition) is 6. The third kappa shape index (κ3) is 7.41. The van der Waals surface area contributed by atoms with Gasteiger partial charge in [0.2, 0.25) is 11.8 Å². The summed E-state index contributed by atoms with van der Waals surface area (Å²) in [5.74, 6) is -1.81. The van der Waals surface area contributed by atoms with Crippen LogP contribution in [0.2, 0.25) is 0 Å². The van der Waals surface area contributed by atoms with Gasteiger partial charge in [0, 0.05) is 55.4 Å². The number of benzene rings is 2. The molecule has 0 aliphatic heterocycles. The first-order valence-corrected chi connectivity index (χ1v) is 13.0. The molecule has 210 valence electrons. The molecule has 0 bridgehead atoms. The van der Waals surface area contributed by atoms with Gasteiger partial charge in [0.1, 0.15) is 0 Å². The summed E-state index contributed by atoms with van der Waals surface area (Å²) in [5.41, 5.74) is 9.03. The fraction of sp³-hybridized carbons (Fsp3) is 0.200. The molecule has 0 unspecified atom stereocenters. The highest BCUT2D eigenvalue weighted by atomic mass is 16.2. The van der Waals surface area contributed by atoms with E-state index in [1.807, 2.05) is 50.5 Å². The number of hydrogen-bond donors (Lipinski definition) is 4. The highest BCUT2D eigenvalue weighted by Crippen LogP contribution is 2.29. The van der Waals surface area contributed by atoms with Crippen molar-refractivity contribution in [1.29, 1.82) is 0 Å². The van der Waals surface area contributed by atoms with Crippen LogP contribution in [0, 0.1) is 0 Å². The Morgan fingerprint density at radius 3 is 2.46 bits per heavy atom. The van der Waals surface area contributed by atoms with Crippen LogP contribution in [0.1, 0.15) is 40.9 Å². The summed E-state index contributed by atoms with van der Waals surface area (Å²) in [6, 6.07) is 16.5. The average molecular weight is 554 g/mol. The van der Waals surface area contributed by atoms with E-state index in [-0.39, 0.29) is 24.8 Å². The molecule has 2 aromatic heterocycles. The predicted octanol–water partition coefficient (Wildman–Crippen LogP) is 2.51. The summed E-state index contributed by atoms with van der Waals surface area (Å²) in [6.45, 7) is 1.92. The zero-order valence-corrected chi connectivity index (χ0v) is 23.0. The molecular weight excluding hydrogens is 522 g/mol. The van der Waals surface area contributed by atoms with Crippen molar-refractivity contribution in [2.75, 3.05) is 7.05 Å². The molecule has 0 saturated heterocycles. The van der Waals surface area contributed by atoms with Gasteiger partial charge in [-0.1, -0.05) is 36.4 Å². The van der Waals surface area contributed by atoms with Gasteiger partial charge in [-0.05, 0) is 42.7 Å². The molecule has 11 heteroatoms. The summed E-state index contributed by atoms with van der Waals surface area (Å²) in [4.78, 5) is 53.4. The maximum Gasteiger partial charge on any atom is 0.262 e. The smallest absolute Gasteiger partial charge is 0.262 e. The van der Waals surface area contributed by atoms with Gasteiger partial charge in [-0.3, -0.25) is 34.7 Å². The first-order valence-electron chi connectivity index (χ1n) is 13.0. The van der Waals surface area contributed by atoms with E-state index < -0.39 is 17.7 Å². The van der Waals surface area contributed by atoms with Gasteiger partial charge in [-0.15, -0.1) is 0 Å². The molecule has 2 aromatic carbocycles. The van der Waals surface area contributed by atoms with Crippen LogP contribution in [-0.4, -0.2) is 45.4 Å². The minimum atomic E-state index is -0.647. The van der Waals surface area contributed by atoms with Crippen LogP contribution < -0.4 is 21.5 Å². The number of aryl methyl sites for hydroxylation is 2. The number of amides is 4. The van der Waals surface area contributed by atoms with Crippen molar-refractivity contribution in [3.63, 3.8) is 0 Å². The third-order valence-corrected chi connectivity index (χ3v) is 6.40. The largest absolute Gasteiger partial charge is 0.356 e. The van der Waals surface area contributed by atoms with Crippen LogP contribution in [0.15, 0.2) is 79.1 Å². The van der Waals surface area contributed by atoms with E-state index >= 15 is 0 Å². The molecule has 0 fully saturated rings. The maximum atomic E-state index is 13.4. The predicted molar refractivity (Wildman–Crippen MR) is 154 cm³/mol. The van der Waals surface area contributed by atoms with Crippen molar-refractivity contribution in [3.8, 4) is 11.3 Å². The SMILES string of the molecule is CNC(=O)/C=C/C(=O)NNC(=O)CCc1ccccc1C(=O)N[C@H](C)c1cc(-c2cnn(C)c2)nc2ccccc12. The summed E-state index contributed by atoms with van der Waals surface area (Å²) in [7, 11) is 3.28. The van der Waals surface area contributed by atoms with Crippen LogP contribution in [0.3, 0.4) is 0 Å². The molecule has 1 atom stereocenters. The summed E-state index contributed by atoms with van der Waals surface area (Å²) in [5, 5.41) is 10.6. The highest BCUT2D eigenvalue weighted by Gasteiger charge is 2.19. The quantitative estimate of drug-likeness (QED) is 0.185.